The lowest BCUT2D eigenvalue weighted by Gasteiger charge is -2.67. The van der Waals surface area contributed by atoms with Gasteiger partial charge in [-0.2, -0.15) is 0 Å². The van der Waals surface area contributed by atoms with Crippen LogP contribution in [0.5, 0.6) is 0 Å². The van der Waals surface area contributed by atoms with Crippen molar-refractivity contribution in [2.24, 2.45) is 51.2 Å². The summed E-state index contributed by atoms with van der Waals surface area (Å²) in [5.41, 5.74) is -2.62. The van der Waals surface area contributed by atoms with E-state index in [1.165, 1.54) is 20.8 Å². The summed E-state index contributed by atoms with van der Waals surface area (Å²) in [4.78, 5) is 0. The third-order valence-corrected chi connectivity index (χ3v) is 25.3. The lowest BCUT2D eigenvalue weighted by Crippen LogP contribution is -2.65. The molecule has 21 N–H and O–H groups in total. The summed E-state index contributed by atoms with van der Waals surface area (Å²) < 4.78 is 71.6. The number of ether oxygens (including phenoxy) is 12. The third-order valence-electron chi connectivity index (χ3n) is 25.3. The van der Waals surface area contributed by atoms with Gasteiger partial charge in [-0.05, 0) is 99.7 Å². The zero-order chi connectivity index (χ0) is 73.5. The SMILES string of the molecule is C[C@@H]1[C@@H](O)[C@H](OC[C@H]2O[C@@H](O[C@H](CC[C@@H](C)C3CC[C@@]4(C)C5CC=C6C(CC[C@H](O[C@@H]7O[C@H](CO[C@H]8O[C@H](CO)[C@@H](O)[C@H](O)[C@H]8O)[C@@H](O)[C@H](O)[C@H]7O)C6(C)C)[C@]5(C)[C@H](O)C[C@]34C)C(C)(C)O)[C@H](O[C@H]3O[C@@H](CO)[C@H](O)[C@@H](O)[C@@H]3O)[C@@H](O)[C@@H]2O)O[C@H](COC2O[C@H](CO)[C@@H](O)[C@H](O)[C@H]2O)[C@H]1O. The van der Waals surface area contributed by atoms with Crippen molar-refractivity contribution < 1.29 is 164 Å². The maximum Gasteiger partial charge on any atom is 0.187 e. The average molecular weight is 1450 g/mol. The second-order valence-corrected chi connectivity index (χ2v) is 31.9. The molecule has 33 heteroatoms. The summed E-state index contributed by atoms with van der Waals surface area (Å²) in [6.45, 7) is 13.5. The van der Waals surface area contributed by atoms with E-state index in [-0.39, 0.29) is 35.5 Å². The highest BCUT2D eigenvalue weighted by atomic mass is 16.8. The summed E-state index contributed by atoms with van der Waals surface area (Å²) >= 11 is 0. The lowest BCUT2D eigenvalue weighted by molar-refractivity contribution is -0.380. The van der Waals surface area contributed by atoms with Gasteiger partial charge in [-0.3, -0.25) is 0 Å². The molecule has 0 aromatic rings. The molecule has 6 heterocycles. The Morgan fingerprint density at radius 2 is 0.900 bits per heavy atom. The molecule has 4 aliphatic carbocycles. The number of aliphatic hydroxyl groups is 21. The molecule has 0 amide bonds. The Morgan fingerprint density at radius 3 is 1.40 bits per heavy atom. The molecular weight excluding hydrogens is 1330 g/mol. The van der Waals surface area contributed by atoms with Crippen LogP contribution in [-0.2, 0) is 56.8 Å². The van der Waals surface area contributed by atoms with Gasteiger partial charge in [0, 0.05) is 16.7 Å². The first-order chi connectivity index (χ1) is 46.8. The van der Waals surface area contributed by atoms with Crippen LogP contribution in [0.1, 0.15) is 114 Å². The zero-order valence-corrected chi connectivity index (χ0v) is 58.1. The van der Waals surface area contributed by atoms with E-state index in [4.69, 9.17) is 56.8 Å². The Kier molecular flexibility index (Phi) is 25.5. The van der Waals surface area contributed by atoms with E-state index in [0.717, 1.165) is 18.4 Å². The maximum absolute atomic E-state index is 12.9. The molecule has 40 atom stereocenters. The van der Waals surface area contributed by atoms with Crippen LogP contribution in [0.25, 0.3) is 0 Å². The highest BCUT2D eigenvalue weighted by Gasteiger charge is 2.71. The maximum atomic E-state index is 12.9. The molecule has 100 heavy (non-hydrogen) atoms. The van der Waals surface area contributed by atoms with E-state index in [2.05, 4.69) is 33.8 Å². The molecule has 10 aliphatic rings. The van der Waals surface area contributed by atoms with Crippen LogP contribution >= 0.6 is 0 Å². The Balaban J connectivity index is 0.815. The van der Waals surface area contributed by atoms with Crippen molar-refractivity contribution in [2.75, 3.05) is 39.6 Å². The molecule has 0 bridgehead atoms. The topological polar surface area (TPSA) is 536 Å². The van der Waals surface area contributed by atoms with Crippen molar-refractivity contribution in [3.63, 3.8) is 0 Å². The van der Waals surface area contributed by atoms with Crippen molar-refractivity contribution in [3.8, 4) is 0 Å². The minimum absolute atomic E-state index is 0.0104. The van der Waals surface area contributed by atoms with Gasteiger partial charge < -0.3 is 164 Å². The van der Waals surface area contributed by atoms with Gasteiger partial charge in [0.25, 0.3) is 0 Å². The highest BCUT2D eigenvalue weighted by molar-refractivity contribution is 5.32. The first-order valence-electron chi connectivity index (χ1n) is 35.4. The molecule has 3 saturated carbocycles. The monoisotopic (exact) mass is 1450 g/mol. The van der Waals surface area contributed by atoms with Gasteiger partial charge in [0.15, 0.2) is 37.7 Å². The second-order valence-electron chi connectivity index (χ2n) is 31.9. The fourth-order valence-corrected chi connectivity index (χ4v) is 18.6. The quantitative estimate of drug-likeness (QED) is 0.0423. The van der Waals surface area contributed by atoms with Crippen molar-refractivity contribution in [1.29, 1.82) is 0 Å². The van der Waals surface area contributed by atoms with Gasteiger partial charge in [-0.15, -0.1) is 0 Å². The van der Waals surface area contributed by atoms with Gasteiger partial charge in [0.05, 0.1) is 69.7 Å². The van der Waals surface area contributed by atoms with E-state index < -0.39 is 264 Å². The third kappa shape index (κ3) is 14.9. The fraction of sp³-hybridized carbons (Fsp3) is 0.970. The van der Waals surface area contributed by atoms with Crippen LogP contribution in [0.15, 0.2) is 11.6 Å². The van der Waals surface area contributed by atoms with Crippen molar-refractivity contribution in [3.05, 3.63) is 11.6 Å². The van der Waals surface area contributed by atoms with Crippen molar-refractivity contribution in [2.45, 2.75) is 316 Å². The lowest BCUT2D eigenvalue weighted by atomic mass is 9.38. The molecule has 0 aromatic heterocycles. The summed E-state index contributed by atoms with van der Waals surface area (Å²) in [5.74, 6) is -1.08. The molecule has 10 rings (SSSR count). The Labute approximate surface area is 580 Å². The average Bonchev–Trinajstić information content (AvgIpc) is 1.32. The van der Waals surface area contributed by atoms with Crippen LogP contribution in [0.2, 0.25) is 0 Å². The predicted octanol–water partition coefficient (Wildman–Crippen LogP) is -6.31. The molecular formula is C67H114O33. The second kappa shape index (κ2) is 31.6. The Bertz CT molecular complexity index is 2670. The summed E-state index contributed by atoms with van der Waals surface area (Å²) in [7, 11) is 0. The number of hydrogen-bond acceptors (Lipinski definition) is 33. The minimum atomic E-state index is -1.99. The standard InChI is InChI=1S/C67H114O33/c1-25(27-16-17-65(7)36-13-11-28-29(67(36,9)37(71)18-66(27,65)8)12-15-38(63(28,3)4)98-60-54(86)50(82)45(77)34(96-60)23-91-59-53(85)48(80)43(75)31(20-69)93-59)10-14-39(64(5,6)88)99-62-56(100-61-55(87)49(81)44(76)32(21-70)94-61)51(83)46(78)35(97-62)24-89-57-41(73)26(2)40(72)33(95-57)22-90-58-52(84)47(79)42(74)30(19-68)92-58/h11,25-27,29-62,68-88H,10,12-24H2,1-9H3/t25-,26+,27?,29?,30-,31-,32+,33-,34-,35-,36?,37-,38+,39-,40+,41-,42-,43-,44+,45-,46-,47+,48+,49-,50+,51+,52-,53-,54-,55+,56-,57-,58?,59+,60+,61-,62+,65+,66-,67+/m1/s1. The Morgan fingerprint density at radius 1 is 0.480 bits per heavy atom. The van der Waals surface area contributed by atoms with Gasteiger partial charge in [0.2, 0.25) is 0 Å². The summed E-state index contributed by atoms with van der Waals surface area (Å²) in [6.07, 6.45) is -43.7. The van der Waals surface area contributed by atoms with Gasteiger partial charge in [-0.1, -0.05) is 60.1 Å². The molecule has 6 aliphatic heterocycles. The normalized spacial score (nSPS) is 52.1. The first kappa shape index (κ1) is 80.9. The van der Waals surface area contributed by atoms with E-state index in [0.29, 0.717) is 32.1 Å². The van der Waals surface area contributed by atoms with Crippen LogP contribution in [0.3, 0.4) is 0 Å². The number of aliphatic hydroxyl groups excluding tert-OH is 20. The molecule has 580 valence electrons. The number of fused-ring (bicyclic) bond motifs is 5. The molecule has 0 aromatic carbocycles. The minimum Gasteiger partial charge on any atom is -0.394 e. The smallest absolute Gasteiger partial charge is 0.187 e. The van der Waals surface area contributed by atoms with E-state index in [9.17, 15) is 107 Å². The van der Waals surface area contributed by atoms with Gasteiger partial charge in [0.1, 0.15) is 134 Å². The van der Waals surface area contributed by atoms with E-state index >= 15 is 0 Å². The van der Waals surface area contributed by atoms with E-state index in [1.54, 1.807) is 0 Å². The van der Waals surface area contributed by atoms with Crippen LogP contribution in [-0.4, -0.2) is 349 Å². The van der Waals surface area contributed by atoms with Crippen molar-refractivity contribution >= 4 is 0 Å². The molecule has 33 nitrogen and oxygen atoms in total. The van der Waals surface area contributed by atoms with E-state index in [1.807, 2.05) is 13.8 Å². The van der Waals surface area contributed by atoms with Crippen LogP contribution < -0.4 is 0 Å². The van der Waals surface area contributed by atoms with Crippen LogP contribution in [0.4, 0.5) is 0 Å². The molecule has 9 fully saturated rings. The Hall–Kier alpha value is -1.58. The summed E-state index contributed by atoms with van der Waals surface area (Å²) in [5, 5.41) is 229. The molecule has 4 unspecified atom stereocenters. The summed E-state index contributed by atoms with van der Waals surface area (Å²) in [6, 6.07) is 0. The molecule has 0 spiro atoms. The number of allylic oxidation sites excluding steroid dienone is 1. The highest BCUT2D eigenvalue weighted by Crippen LogP contribution is 2.75. The molecule has 6 saturated heterocycles. The number of rotatable bonds is 23. The number of hydrogen-bond donors (Lipinski definition) is 21. The van der Waals surface area contributed by atoms with Gasteiger partial charge >= 0.3 is 0 Å². The fourth-order valence-electron chi connectivity index (χ4n) is 18.6. The van der Waals surface area contributed by atoms with Crippen LogP contribution in [0, 0.1) is 51.2 Å². The zero-order valence-electron chi connectivity index (χ0n) is 58.1. The van der Waals surface area contributed by atoms with Gasteiger partial charge in [-0.25, -0.2) is 0 Å². The van der Waals surface area contributed by atoms with Crippen molar-refractivity contribution in [1.82, 2.24) is 0 Å². The molecule has 0 radical (unpaired) electrons. The first-order valence-corrected chi connectivity index (χ1v) is 35.4. The largest absolute Gasteiger partial charge is 0.394 e. The predicted molar refractivity (Wildman–Crippen MR) is 336 cm³/mol.